The molecular formula is C13H20N2O5S2. The van der Waals surface area contributed by atoms with Crippen LogP contribution in [0.3, 0.4) is 0 Å². The minimum Gasteiger partial charge on any atom is -0.364 e. The Labute approximate surface area is 131 Å². The van der Waals surface area contributed by atoms with Gasteiger partial charge < -0.3 is 9.80 Å². The number of sulfone groups is 2. The molecule has 1 amide bonds. The van der Waals surface area contributed by atoms with Gasteiger partial charge in [0.2, 0.25) is 5.91 Å². The van der Waals surface area contributed by atoms with E-state index in [0.717, 1.165) is 18.6 Å². The molecule has 0 bridgehead atoms. The van der Waals surface area contributed by atoms with Crippen LogP contribution in [0.4, 0.5) is 5.69 Å². The normalized spacial score (nSPS) is 12.0. The van der Waals surface area contributed by atoms with Gasteiger partial charge in [-0.2, -0.15) is 0 Å². The first-order chi connectivity index (χ1) is 9.84. The van der Waals surface area contributed by atoms with Crippen LogP contribution in [0.1, 0.15) is 0 Å². The van der Waals surface area contributed by atoms with Gasteiger partial charge in [0.15, 0.2) is 19.7 Å². The molecule has 0 aliphatic heterocycles. The molecular weight excluding hydrogens is 328 g/mol. The van der Waals surface area contributed by atoms with E-state index in [9.17, 15) is 21.6 Å². The Morgan fingerprint density at radius 1 is 1.00 bits per heavy atom. The molecule has 0 saturated carbocycles. The molecule has 124 valence electrons. The van der Waals surface area contributed by atoms with Gasteiger partial charge in [-0.15, -0.1) is 0 Å². The van der Waals surface area contributed by atoms with E-state index < -0.39 is 19.7 Å². The zero-order chi connectivity index (χ0) is 17.3. The molecule has 1 rings (SSSR count). The van der Waals surface area contributed by atoms with E-state index in [1.165, 1.54) is 21.9 Å². The van der Waals surface area contributed by atoms with Crippen molar-refractivity contribution in [3.63, 3.8) is 0 Å². The van der Waals surface area contributed by atoms with Gasteiger partial charge >= 0.3 is 0 Å². The van der Waals surface area contributed by atoms with E-state index in [2.05, 4.69) is 0 Å². The molecule has 0 aliphatic rings. The Bertz CT molecular complexity index is 783. The fraction of sp³-hybridized carbons (Fsp3) is 0.462. The molecule has 0 atom stereocenters. The second kappa shape index (κ2) is 6.25. The average molecular weight is 348 g/mol. The lowest BCUT2D eigenvalue weighted by Gasteiger charge is -2.23. The van der Waals surface area contributed by atoms with E-state index in [0.29, 0.717) is 0 Å². The highest BCUT2D eigenvalue weighted by Crippen LogP contribution is 2.27. The highest BCUT2D eigenvalue weighted by Gasteiger charge is 2.21. The molecule has 0 aliphatic carbocycles. The van der Waals surface area contributed by atoms with Crippen LogP contribution in [0.15, 0.2) is 28.0 Å². The lowest BCUT2D eigenvalue weighted by Crippen LogP contribution is -2.34. The van der Waals surface area contributed by atoms with Crippen molar-refractivity contribution in [2.24, 2.45) is 0 Å². The standard InChI is InChI=1S/C13H20N2O5S2/c1-14(2)13(16)9-15(3)11-7-6-10(21(4,17)18)8-12(11)22(5,19)20/h6-8H,9H2,1-5H3. The zero-order valence-corrected chi connectivity index (χ0v) is 14.8. The van der Waals surface area contributed by atoms with Crippen LogP contribution >= 0.6 is 0 Å². The van der Waals surface area contributed by atoms with Crippen LogP contribution in [-0.4, -0.2) is 67.8 Å². The Morgan fingerprint density at radius 3 is 1.95 bits per heavy atom. The number of benzene rings is 1. The highest BCUT2D eigenvalue weighted by atomic mass is 32.2. The second-order valence-corrected chi connectivity index (χ2v) is 9.32. The maximum Gasteiger partial charge on any atom is 0.241 e. The molecule has 0 fully saturated rings. The molecule has 0 saturated heterocycles. The monoisotopic (exact) mass is 348 g/mol. The van der Waals surface area contributed by atoms with Gasteiger partial charge in [-0.05, 0) is 18.2 Å². The topological polar surface area (TPSA) is 91.8 Å². The zero-order valence-electron chi connectivity index (χ0n) is 13.2. The number of hydrogen-bond donors (Lipinski definition) is 0. The van der Waals surface area contributed by atoms with Crippen molar-refractivity contribution in [1.29, 1.82) is 0 Å². The summed E-state index contributed by atoms with van der Waals surface area (Å²) in [5, 5.41) is 0. The van der Waals surface area contributed by atoms with Crippen molar-refractivity contribution in [1.82, 2.24) is 4.90 Å². The Kier molecular flexibility index (Phi) is 5.24. The number of likely N-dealkylation sites (N-methyl/N-ethyl adjacent to an activating group) is 2. The van der Waals surface area contributed by atoms with E-state index in [4.69, 9.17) is 0 Å². The molecule has 0 unspecified atom stereocenters. The minimum absolute atomic E-state index is 0.0201. The highest BCUT2D eigenvalue weighted by molar-refractivity contribution is 7.91. The summed E-state index contributed by atoms with van der Waals surface area (Å²) in [6, 6.07) is 3.85. The summed E-state index contributed by atoms with van der Waals surface area (Å²) in [4.78, 5) is 14.4. The number of hydrogen-bond acceptors (Lipinski definition) is 6. The van der Waals surface area contributed by atoms with Crippen LogP contribution in [0.25, 0.3) is 0 Å². The molecule has 1 aromatic carbocycles. The van der Waals surface area contributed by atoms with Gasteiger partial charge in [0.25, 0.3) is 0 Å². The largest absolute Gasteiger partial charge is 0.364 e. The van der Waals surface area contributed by atoms with Crippen LogP contribution < -0.4 is 4.90 Å². The van der Waals surface area contributed by atoms with Crippen LogP contribution in [0, 0.1) is 0 Å². The smallest absolute Gasteiger partial charge is 0.241 e. The predicted octanol–water partition coefficient (Wildman–Crippen LogP) is 0.0180. The van der Waals surface area contributed by atoms with E-state index >= 15 is 0 Å². The Hall–Kier alpha value is -1.61. The van der Waals surface area contributed by atoms with Gasteiger partial charge in [0.05, 0.1) is 22.0 Å². The summed E-state index contributed by atoms with van der Waals surface area (Å²) >= 11 is 0. The van der Waals surface area contributed by atoms with E-state index in [1.54, 1.807) is 21.1 Å². The fourth-order valence-electron chi connectivity index (χ4n) is 1.77. The summed E-state index contributed by atoms with van der Waals surface area (Å²) < 4.78 is 47.1. The first-order valence-electron chi connectivity index (χ1n) is 6.29. The van der Waals surface area contributed by atoms with Crippen LogP contribution in [0.2, 0.25) is 0 Å². The third kappa shape index (κ3) is 4.44. The van der Waals surface area contributed by atoms with Crippen LogP contribution in [0.5, 0.6) is 0 Å². The van der Waals surface area contributed by atoms with Crippen molar-refractivity contribution in [3.05, 3.63) is 18.2 Å². The second-order valence-electron chi connectivity index (χ2n) is 5.32. The summed E-state index contributed by atoms with van der Waals surface area (Å²) in [6.45, 7) is -0.0201. The Morgan fingerprint density at radius 2 is 1.55 bits per heavy atom. The first-order valence-corrected chi connectivity index (χ1v) is 10.1. The molecule has 0 aromatic heterocycles. The number of amides is 1. The summed E-state index contributed by atoms with van der Waals surface area (Å²) in [6.07, 6.45) is 2.01. The van der Waals surface area contributed by atoms with Crippen molar-refractivity contribution < 1.29 is 21.6 Å². The molecule has 22 heavy (non-hydrogen) atoms. The number of carbonyl (C=O) groups is 1. The van der Waals surface area contributed by atoms with E-state index in [1.807, 2.05) is 0 Å². The fourth-order valence-corrected chi connectivity index (χ4v) is 3.43. The number of rotatable bonds is 5. The van der Waals surface area contributed by atoms with Crippen molar-refractivity contribution in [2.75, 3.05) is 45.1 Å². The molecule has 7 nitrogen and oxygen atoms in total. The molecule has 0 spiro atoms. The third-order valence-electron chi connectivity index (χ3n) is 3.04. The summed E-state index contributed by atoms with van der Waals surface area (Å²) in [5.41, 5.74) is 0.283. The third-order valence-corrected chi connectivity index (χ3v) is 5.28. The number of nitrogens with zero attached hydrogens (tertiary/aromatic N) is 2. The molecule has 0 N–H and O–H groups in total. The van der Waals surface area contributed by atoms with E-state index in [-0.39, 0.29) is 27.9 Å². The predicted molar refractivity (Wildman–Crippen MR) is 84.6 cm³/mol. The summed E-state index contributed by atoms with van der Waals surface area (Å²) in [7, 11) is -2.40. The van der Waals surface area contributed by atoms with Crippen molar-refractivity contribution in [2.45, 2.75) is 9.79 Å². The maximum absolute atomic E-state index is 11.9. The quantitative estimate of drug-likeness (QED) is 0.745. The SMILES string of the molecule is CN(C)C(=O)CN(C)c1ccc(S(C)(=O)=O)cc1S(C)(=O)=O. The van der Waals surface area contributed by atoms with Crippen molar-refractivity contribution in [3.8, 4) is 0 Å². The molecule has 1 aromatic rings. The minimum atomic E-state index is -3.65. The van der Waals surface area contributed by atoms with Crippen molar-refractivity contribution >= 4 is 31.3 Å². The molecule has 9 heteroatoms. The summed E-state index contributed by atoms with van der Waals surface area (Å²) in [5.74, 6) is -0.200. The Balaban J connectivity index is 3.40. The number of carbonyl (C=O) groups excluding carboxylic acids is 1. The van der Waals surface area contributed by atoms with Gasteiger partial charge in [-0.3, -0.25) is 4.79 Å². The lowest BCUT2D eigenvalue weighted by molar-refractivity contribution is -0.127. The molecule has 0 radical (unpaired) electrons. The van der Waals surface area contributed by atoms with Gasteiger partial charge in [0.1, 0.15) is 0 Å². The maximum atomic E-state index is 11.9. The number of anilines is 1. The van der Waals surface area contributed by atoms with Gasteiger partial charge in [-0.25, -0.2) is 16.8 Å². The lowest BCUT2D eigenvalue weighted by atomic mass is 10.3. The van der Waals surface area contributed by atoms with Crippen LogP contribution in [-0.2, 0) is 24.5 Å². The van der Waals surface area contributed by atoms with Gasteiger partial charge in [-0.1, -0.05) is 0 Å². The van der Waals surface area contributed by atoms with Gasteiger partial charge in [0, 0.05) is 33.7 Å². The molecule has 0 heterocycles. The first kappa shape index (κ1) is 18.4. The average Bonchev–Trinajstić information content (AvgIpc) is 2.35.